The Kier molecular flexibility index (Phi) is 3.92. The molecule has 0 aromatic carbocycles. The van der Waals surface area contributed by atoms with E-state index in [9.17, 15) is 0 Å². The summed E-state index contributed by atoms with van der Waals surface area (Å²) in [5, 5.41) is 4.35. The zero-order chi connectivity index (χ0) is 9.90. The van der Waals surface area contributed by atoms with Crippen LogP contribution in [0.25, 0.3) is 0 Å². The summed E-state index contributed by atoms with van der Waals surface area (Å²) in [4.78, 5) is 4.32. The summed E-state index contributed by atoms with van der Waals surface area (Å²) in [7, 11) is 0. The zero-order valence-corrected chi connectivity index (χ0v) is 10.8. The van der Waals surface area contributed by atoms with E-state index in [2.05, 4.69) is 41.7 Å². The third kappa shape index (κ3) is 3.39. The van der Waals surface area contributed by atoms with E-state index in [1.807, 2.05) is 11.6 Å². The van der Waals surface area contributed by atoms with Crippen LogP contribution in [-0.4, -0.2) is 10.3 Å². The van der Waals surface area contributed by atoms with E-state index < -0.39 is 0 Å². The molecule has 0 radical (unpaired) electrons. The highest BCUT2D eigenvalue weighted by Crippen LogP contribution is 2.30. The number of hydrogen-bond acceptors (Lipinski definition) is 2. The maximum atomic E-state index is 4.32. The van der Waals surface area contributed by atoms with E-state index in [0.29, 0.717) is 11.3 Å². The number of rotatable bonds is 3. The van der Waals surface area contributed by atoms with Crippen molar-refractivity contribution in [3.63, 3.8) is 0 Å². The SMILES string of the molecule is CC(C)(C)C(CBr)Cc1nccs1. The zero-order valence-electron chi connectivity index (χ0n) is 8.38. The van der Waals surface area contributed by atoms with Gasteiger partial charge in [-0.25, -0.2) is 4.98 Å². The molecule has 0 aliphatic carbocycles. The summed E-state index contributed by atoms with van der Waals surface area (Å²) in [6, 6.07) is 0. The molecule has 1 aromatic rings. The van der Waals surface area contributed by atoms with E-state index in [4.69, 9.17) is 0 Å². The summed E-state index contributed by atoms with van der Waals surface area (Å²) in [5.41, 5.74) is 0.356. The Morgan fingerprint density at radius 1 is 1.54 bits per heavy atom. The van der Waals surface area contributed by atoms with Crippen LogP contribution in [0.1, 0.15) is 25.8 Å². The van der Waals surface area contributed by atoms with Crippen LogP contribution in [0.3, 0.4) is 0 Å². The smallest absolute Gasteiger partial charge is 0.0928 e. The van der Waals surface area contributed by atoms with Crippen LogP contribution >= 0.6 is 27.3 Å². The number of alkyl halides is 1. The molecule has 1 aromatic heterocycles. The molecule has 1 heterocycles. The molecule has 1 nitrogen and oxygen atoms in total. The van der Waals surface area contributed by atoms with Crippen molar-refractivity contribution in [3.05, 3.63) is 16.6 Å². The quantitative estimate of drug-likeness (QED) is 0.756. The second kappa shape index (κ2) is 4.56. The van der Waals surface area contributed by atoms with Gasteiger partial charge >= 0.3 is 0 Å². The highest BCUT2D eigenvalue weighted by molar-refractivity contribution is 9.09. The lowest BCUT2D eigenvalue weighted by molar-refractivity contribution is 0.266. The molecule has 0 spiro atoms. The molecule has 0 aliphatic heterocycles. The Labute approximate surface area is 92.7 Å². The van der Waals surface area contributed by atoms with Crippen LogP contribution < -0.4 is 0 Å². The molecule has 0 bridgehead atoms. The molecule has 0 amide bonds. The van der Waals surface area contributed by atoms with E-state index in [1.54, 1.807) is 11.3 Å². The molecule has 0 fully saturated rings. The summed E-state index contributed by atoms with van der Waals surface area (Å²) < 4.78 is 0. The Hall–Kier alpha value is 0.110. The van der Waals surface area contributed by atoms with Crippen LogP contribution in [0.5, 0.6) is 0 Å². The van der Waals surface area contributed by atoms with Gasteiger partial charge < -0.3 is 0 Å². The molecule has 1 atom stereocenters. The van der Waals surface area contributed by atoms with Gasteiger partial charge in [0.05, 0.1) is 5.01 Å². The lowest BCUT2D eigenvalue weighted by Gasteiger charge is -2.28. The molecule has 13 heavy (non-hydrogen) atoms. The first-order valence-electron chi connectivity index (χ1n) is 4.48. The second-order valence-electron chi connectivity index (χ2n) is 4.35. The van der Waals surface area contributed by atoms with Crippen molar-refractivity contribution in [1.82, 2.24) is 4.98 Å². The minimum atomic E-state index is 0.356. The molecule has 1 unspecified atom stereocenters. The lowest BCUT2D eigenvalue weighted by atomic mass is 9.80. The molecule has 3 heteroatoms. The number of thiazole rings is 1. The largest absolute Gasteiger partial charge is 0.250 e. The van der Waals surface area contributed by atoms with Crippen molar-refractivity contribution >= 4 is 27.3 Å². The third-order valence-corrected chi connectivity index (χ3v) is 3.90. The standard InChI is InChI=1S/C10H16BrNS/c1-10(2,3)8(7-11)6-9-12-4-5-13-9/h4-5,8H,6-7H2,1-3H3. The molecule has 0 aliphatic rings. The van der Waals surface area contributed by atoms with Crippen molar-refractivity contribution in [2.45, 2.75) is 27.2 Å². The molecular weight excluding hydrogens is 246 g/mol. The van der Waals surface area contributed by atoms with Crippen molar-refractivity contribution in [2.75, 3.05) is 5.33 Å². The number of nitrogens with zero attached hydrogens (tertiary/aromatic N) is 1. The number of aromatic nitrogens is 1. The van der Waals surface area contributed by atoms with E-state index in [0.717, 1.165) is 11.8 Å². The summed E-state index contributed by atoms with van der Waals surface area (Å²) in [6.07, 6.45) is 2.97. The van der Waals surface area contributed by atoms with Crippen molar-refractivity contribution in [2.24, 2.45) is 11.3 Å². The minimum Gasteiger partial charge on any atom is -0.250 e. The molecule has 0 saturated heterocycles. The summed E-state index contributed by atoms with van der Waals surface area (Å²) >= 11 is 5.33. The first-order valence-corrected chi connectivity index (χ1v) is 6.48. The fraction of sp³-hybridized carbons (Fsp3) is 0.700. The average Bonchev–Trinajstić information content (AvgIpc) is 2.49. The van der Waals surface area contributed by atoms with Crippen molar-refractivity contribution in [1.29, 1.82) is 0 Å². The summed E-state index contributed by atoms with van der Waals surface area (Å²) in [6.45, 7) is 6.85. The van der Waals surface area contributed by atoms with Gasteiger partial charge in [0.1, 0.15) is 0 Å². The Bertz CT molecular complexity index is 238. The van der Waals surface area contributed by atoms with Gasteiger partial charge in [-0.05, 0) is 11.3 Å². The van der Waals surface area contributed by atoms with Crippen LogP contribution in [0.15, 0.2) is 11.6 Å². The molecular formula is C10H16BrNS. The fourth-order valence-electron chi connectivity index (χ4n) is 1.16. The maximum absolute atomic E-state index is 4.32. The van der Waals surface area contributed by atoms with Crippen LogP contribution in [0.4, 0.5) is 0 Å². The third-order valence-electron chi connectivity index (χ3n) is 2.32. The van der Waals surface area contributed by atoms with Gasteiger partial charge in [-0.1, -0.05) is 36.7 Å². The highest BCUT2D eigenvalue weighted by atomic mass is 79.9. The van der Waals surface area contributed by atoms with Gasteiger partial charge in [-0.2, -0.15) is 0 Å². The molecule has 74 valence electrons. The Balaban J connectivity index is 2.60. The van der Waals surface area contributed by atoms with Crippen molar-refractivity contribution < 1.29 is 0 Å². The minimum absolute atomic E-state index is 0.356. The van der Waals surface area contributed by atoms with Gasteiger partial charge in [0.2, 0.25) is 0 Å². The van der Waals surface area contributed by atoms with Gasteiger partial charge in [-0.3, -0.25) is 0 Å². The predicted octanol–water partition coefficient (Wildman–Crippen LogP) is 3.74. The molecule has 0 saturated carbocycles. The lowest BCUT2D eigenvalue weighted by Crippen LogP contribution is -2.23. The average molecular weight is 262 g/mol. The number of halogens is 1. The maximum Gasteiger partial charge on any atom is 0.0928 e. The monoisotopic (exact) mass is 261 g/mol. The fourth-order valence-corrected chi connectivity index (χ4v) is 3.05. The van der Waals surface area contributed by atoms with E-state index in [-0.39, 0.29) is 0 Å². The van der Waals surface area contributed by atoms with Gasteiger partial charge in [-0.15, -0.1) is 11.3 Å². The first-order chi connectivity index (χ1) is 6.04. The van der Waals surface area contributed by atoms with Crippen molar-refractivity contribution in [3.8, 4) is 0 Å². The Morgan fingerprint density at radius 2 is 2.23 bits per heavy atom. The van der Waals surface area contributed by atoms with Gasteiger partial charge in [0, 0.05) is 23.3 Å². The predicted molar refractivity (Wildman–Crippen MR) is 62.6 cm³/mol. The van der Waals surface area contributed by atoms with Crippen LogP contribution in [0.2, 0.25) is 0 Å². The molecule has 0 N–H and O–H groups in total. The first kappa shape index (κ1) is 11.2. The number of hydrogen-bond donors (Lipinski definition) is 0. The highest BCUT2D eigenvalue weighted by Gasteiger charge is 2.24. The summed E-state index contributed by atoms with van der Waals surface area (Å²) in [5.74, 6) is 0.665. The molecule has 1 rings (SSSR count). The topological polar surface area (TPSA) is 12.9 Å². The second-order valence-corrected chi connectivity index (χ2v) is 5.97. The van der Waals surface area contributed by atoms with E-state index >= 15 is 0 Å². The van der Waals surface area contributed by atoms with Gasteiger partial charge in [0.15, 0.2) is 0 Å². The van der Waals surface area contributed by atoms with E-state index in [1.165, 1.54) is 5.01 Å². The van der Waals surface area contributed by atoms with Gasteiger partial charge in [0.25, 0.3) is 0 Å². The Morgan fingerprint density at radius 3 is 2.62 bits per heavy atom. The van der Waals surface area contributed by atoms with Crippen LogP contribution in [-0.2, 0) is 6.42 Å². The normalized spacial score (nSPS) is 14.5. The van der Waals surface area contributed by atoms with Crippen LogP contribution in [0, 0.1) is 11.3 Å².